The van der Waals surface area contributed by atoms with Crippen LogP contribution >= 0.6 is 7.60 Å². The number of aromatic nitrogens is 4. The van der Waals surface area contributed by atoms with E-state index < -0.39 is 38.0 Å². The Hall–Kier alpha value is -3.46. The van der Waals surface area contributed by atoms with Crippen LogP contribution in [-0.2, 0) is 34.1 Å². The van der Waals surface area contributed by atoms with Gasteiger partial charge in [0.05, 0.1) is 25.7 Å². The predicted molar refractivity (Wildman–Crippen MR) is 148 cm³/mol. The summed E-state index contributed by atoms with van der Waals surface area (Å²) in [6.45, 7) is 4.19. The van der Waals surface area contributed by atoms with Gasteiger partial charge in [-0.25, -0.2) is 15.0 Å². The highest BCUT2D eigenvalue weighted by Gasteiger charge is 2.47. The van der Waals surface area contributed by atoms with E-state index in [-0.39, 0.29) is 49.7 Å². The number of hydrogen-bond donors (Lipinski definition) is 5. The summed E-state index contributed by atoms with van der Waals surface area (Å²) >= 11 is 0. The number of nitrogens with one attached hydrogen (secondary N) is 2. The SMILES string of the molecule is CCOP(=O)(Cc1ccc(NC(=O)CCCNC(=O)[C@H]2O[C@@H](n3cnc4c(N)ncnc43)[C@@H](O)[C@H]2O)cc1)OCC. The van der Waals surface area contributed by atoms with E-state index >= 15 is 0 Å². The Kier molecular flexibility index (Phi) is 10.0. The van der Waals surface area contributed by atoms with E-state index in [0.29, 0.717) is 17.6 Å². The number of rotatable bonds is 13. The van der Waals surface area contributed by atoms with Gasteiger partial charge in [0, 0.05) is 18.7 Å². The summed E-state index contributed by atoms with van der Waals surface area (Å²) in [5.41, 5.74) is 7.69. The number of carbonyl (C=O) groups excluding carboxylic acids is 2. The average molecular weight is 592 g/mol. The van der Waals surface area contributed by atoms with Crippen LogP contribution in [-0.4, -0.2) is 79.6 Å². The maximum atomic E-state index is 12.7. The monoisotopic (exact) mass is 591 g/mol. The van der Waals surface area contributed by atoms with Crippen LogP contribution in [0.5, 0.6) is 0 Å². The number of carbonyl (C=O) groups is 2. The maximum absolute atomic E-state index is 12.7. The Morgan fingerprint density at radius 1 is 1.10 bits per heavy atom. The Morgan fingerprint density at radius 2 is 1.80 bits per heavy atom. The molecule has 0 radical (unpaired) electrons. The number of aliphatic hydroxyl groups excluding tert-OH is 2. The third kappa shape index (κ3) is 7.25. The van der Waals surface area contributed by atoms with Crippen molar-refractivity contribution < 1.29 is 38.2 Å². The van der Waals surface area contributed by atoms with E-state index in [1.54, 1.807) is 38.1 Å². The quantitative estimate of drug-likeness (QED) is 0.141. The highest BCUT2D eigenvalue weighted by molar-refractivity contribution is 7.53. The topological polar surface area (TPSA) is 213 Å². The number of ether oxygens (including phenoxy) is 1. The highest BCUT2D eigenvalue weighted by Crippen LogP contribution is 2.51. The van der Waals surface area contributed by atoms with Crippen LogP contribution < -0.4 is 16.4 Å². The van der Waals surface area contributed by atoms with Gasteiger partial charge in [-0.1, -0.05) is 12.1 Å². The second-order valence-electron chi connectivity index (χ2n) is 9.26. The Bertz CT molecular complexity index is 1390. The van der Waals surface area contributed by atoms with Crippen molar-refractivity contribution >= 4 is 42.1 Å². The van der Waals surface area contributed by atoms with E-state index in [4.69, 9.17) is 19.5 Å². The fourth-order valence-electron chi connectivity index (χ4n) is 4.39. The third-order valence-corrected chi connectivity index (χ3v) is 8.36. The molecule has 16 heteroatoms. The van der Waals surface area contributed by atoms with Crippen molar-refractivity contribution in [3.8, 4) is 0 Å². The molecular weight excluding hydrogens is 557 g/mol. The summed E-state index contributed by atoms with van der Waals surface area (Å²) in [4.78, 5) is 37.1. The Balaban J connectivity index is 1.22. The molecule has 6 N–H and O–H groups in total. The zero-order chi connectivity index (χ0) is 29.6. The van der Waals surface area contributed by atoms with E-state index in [9.17, 15) is 24.4 Å². The molecule has 2 amide bonds. The van der Waals surface area contributed by atoms with Crippen LogP contribution in [0.3, 0.4) is 0 Å². The molecule has 3 heterocycles. The molecule has 1 aromatic carbocycles. The summed E-state index contributed by atoms with van der Waals surface area (Å²) in [7, 11) is -3.23. The number of fused-ring (bicyclic) bond motifs is 1. The summed E-state index contributed by atoms with van der Waals surface area (Å²) in [5.74, 6) is -0.754. The number of nitrogen functional groups attached to an aromatic ring is 1. The van der Waals surface area contributed by atoms with Gasteiger partial charge in [0.2, 0.25) is 5.91 Å². The molecule has 0 saturated carbocycles. The van der Waals surface area contributed by atoms with Gasteiger partial charge in [-0.2, -0.15) is 0 Å². The molecule has 1 aliphatic heterocycles. The van der Waals surface area contributed by atoms with Crippen molar-refractivity contribution in [3.63, 3.8) is 0 Å². The molecule has 41 heavy (non-hydrogen) atoms. The number of nitrogens with two attached hydrogens (primary N) is 1. The fraction of sp³-hybridized carbons (Fsp3) is 0.480. The van der Waals surface area contributed by atoms with Crippen molar-refractivity contribution in [3.05, 3.63) is 42.5 Å². The molecule has 1 saturated heterocycles. The van der Waals surface area contributed by atoms with Gasteiger partial charge in [-0.15, -0.1) is 0 Å². The van der Waals surface area contributed by atoms with Crippen molar-refractivity contribution in [1.29, 1.82) is 0 Å². The molecule has 4 atom stereocenters. The van der Waals surface area contributed by atoms with Crippen molar-refractivity contribution in [2.24, 2.45) is 0 Å². The second kappa shape index (κ2) is 13.5. The number of amides is 2. The van der Waals surface area contributed by atoms with Crippen LogP contribution in [0.1, 0.15) is 38.5 Å². The van der Waals surface area contributed by atoms with Gasteiger partial charge in [-0.05, 0) is 38.0 Å². The number of imidazole rings is 1. The molecule has 222 valence electrons. The highest BCUT2D eigenvalue weighted by atomic mass is 31.2. The van der Waals surface area contributed by atoms with Crippen LogP contribution in [0.15, 0.2) is 36.9 Å². The van der Waals surface area contributed by atoms with Gasteiger partial charge in [0.15, 0.2) is 23.8 Å². The first kappa shape index (κ1) is 30.5. The largest absolute Gasteiger partial charge is 0.387 e. The van der Waals surface area contributed by atoms with Gasteiger partial charge in [0.25, 0.3) is 5.91 Å². The van der Waals surface area contributed by atoms with Gasteiger partial charge >= 0.3 is 7.60 Å². The number of anilines is 2. The average Bonchev–Trinajstić information content (AvgIpc) is 3.49. The predicted octanol–water partition coefficient (Wildman–Crippen LogP) is 1.33. The van der Waals surface area contributed by atoms with Crippen molar-refractivity contribution in [2.45, 2.75) is 57.4 Å². The number of hydrogen-bond acceptors (Lipinski definition) is 12. The molecule has 1 fully saturated rings. The second-order valence-corrected chi connectivity index (χ2v) is 11.3. The standard InChI is InChI=1S/C25H34N7O8P/c1-3-38-41(37,39-4-2)12-15-7-9-16(10-8-15)31-17(33)6-5-11-27-24(36)21-19(34)20(35)25(40-21)32-14-30-18-22(26)28-13-29-23(18)32/h7-10,13-14,19-21,25,34-35H,3-6,11-12H2,1-2H3,(H,27,36)(H,31,33)(H2,26,28,29)/t19-,20+,21+,25-/m1/s1. The molecule has 3 aromatic rings. The Morgan fingerprint density at radius 3 is 2.49 bits per heavy atom. The van der Waals surface area contributed by atoms with Crippen LogP contribution in [0.4, 0.5) is 11.5 Å². The van der Waals surface area contributed by atoms with Crippen LogP contribution in [0.2, 0.25) is 0 Å². The first-order valence-electron chi connectivity index (χ1n) is 13.1. The van der Waals surface area contributed by atoms with E-state index in [1.807, 2.05) is 0 Å². The molecule has 15 nitrogen and oxygen atoms in total. The summed E-state index contributed by atoms with van der Waals surface area (Å²) in [6.07, 6.45) is -2.27. The van der Waals surface area contributed by atoms with Gasteiger partial charge in [0.1, 0.15) is 24.1 Å². The lowest BCUT2D eigenvalue weighted by Gasteiger charge is -2.17. The first-order valence-corrected chi connectivity index (χ1v) is 14.9. The molecule has 1 aliphatic rings. The van der Waals surface area contributed by atoms with Crippen LogP contribution in [0.25, 0.3) is 11.2 Å². The van der Waals surface area contributed by atoms with E-state index in [1.165, 1.54) is 17.2 Å². The van der Waals surface area contributed by atoms with Crippen LogP contribution in [0, 0.1) is 0 Å². The Labute approximate surface area is 236 Å². The third-order valence-electron chi connectivity index (χ3n) is 6.30. The zero-order valence-electron chi connectivity index (χ0n) is 22.7. The minimum atomic E-state index is -3.23. The van der Waals surface area contributed by atoms with Crippen molar-refractivity contribution in [2.75, 3.05) is 30.8 Å². The van der Waals surface area contributed by atoms with Gasteiger partial charge in [-0.3, -0.25) is 18.7 Å². The maximum Gasteiger partial charge on any atom is 0.335 e. The molecule has 0 aliphatic carbocycles. The van der Waals surface area contributed by atoms with E-state index in [0.717, 1.165) is 5.56 Å². The lowest BCUT2D eigenvalue weighted by Crippen LogP contribution is -2.43. The molecular formula is C25H34N7O8P. The smallest absolute Gasteiger partial charge is 0.335 e. The number of aliphatic hydroxyl groups is 2. The lowest BCUT2D eigenvalue weighted by atomic mass is 10.1. The number of nitrogens with zero attached hydrogens (tertiary/aromatic N) is 4. The molecule has 0 spiro atoms. The summed E-state index contributed by atoms with van der Waals surface area (Å²) in [5, 5.41) is 26.4. The lowest BCUT2D eigenvalue weighted by molar-refractivity contribution is -0.137. The minimum absolute atomic E-state index is 0.118. The zero-order valence-corrected chi connectivity index (χ0v) is 23.6. The van der Waals surface area contributed by atoms with Crippen molar-refractivity contribution in [1.82, 2.24) is 24.8 Å². The number of benzene rings is 1. The first-order chi connectivity index (χ1) is 19.7. The van der Waals surface area contributed by atoms with Gasteiger partial charge < -0.3 is 40.4 Å². The summed E-state index contributed by atoms with van der Waals surface area (Å²) < 4.78 is 30.4. The molecule has 2 aromatic heterocycles. The molecule has 4 rings (SSSR count). The molecule has 0 bridgehead atoms. The summed E-state index contributed by atoms with van der Waals surface area (Å²) in [6, 6.07) is 6.87. The fourth-order valence-corrected chi connectivity index (χ4v) is 6.09. The minimum Gasteiger partial charge on any atom is -0.387 e. The van der Waals surface area contributed by atoms with E-state index in [2.05, 4.69) is 25.6 Å². The normalized spacial score (nSPS) is 20.8. The molecule has 0 unspecified atom stereocenters.